The first-order chi connectivity index (χ1) is 13.2. The number of nitrogens with zero attached hydrogens (tertiary/aromatic N) is 3. The molecule has 0 amide bonds. The fourth-order valence-electron chi connectivity index (χ4n) is 3.50. The summed E-state index contributed by atoms with van der Waals surface area (Å²) in [7, 11) is 0. The molecule has 0 bridgehead atoms. The average molecular weight is 359 g/mol. The maximum atomic E-state index is 4.75. The van der Waals surface area contributed by atoms with Crippen LogP contribution in [0.25, 0.3) is 11.3 Å². The van der Waals surface area contributed by atoms with Gasteiger partial charge < -0.3 is 10.6 Å². The molecular formula is C22H25N5. The van der Waals surface area contributed by atoms with Crippen molar-refractivity contribution in [3.05, 3.63) is 59.9 Å². The Hall–Kier alpha value is -2.95. The molecule has 2 aromatic heterocycles. The Balaban J connectivity index is 1.69. The summed E-state index contributed by atoms with van der Waals surface area (Å²) in [4.78, 5) is 13.7. The van der Waals surface area contributed by atoms with E-state index in [2.05, 4.69) is 47.7 Å². The van der Waals surface area contributed by atoms with E-state index in [1.54, 1.807) is 6.20 Å². The van der Waals surface area contributed by atoms with Gasteiger partial charge in [0.15, 0.2) is 0 Å². The lowest BCUT2D eigenvalue weighted by molar-refractivity contribution is 0.744. The van der Waals surface area contributed by atoms with Crippen LogP contribution in [0, 0.1) is 13.8 Å². The lowest BCUT2D eigenvalue weighted by Gasteiger charge is -2.16. The van der Waals surface area contributed by atoms with Crippen molar-refractivity contribution in [2.45, 2.75) is 45.6 Å². The number of benzene rings is 1. The smallest absolute Gasteiger partial charge is 0.225 e. The number of aryl methyl sites for hydroxylation is 2. The second kappa shape index (κ2) is 7.74. The van der Waals surface area contributed by atoms with Crippen molar-refractivity contribution in [1.29, 1.82) is 0 Å². The van der Waals surface area contributed by atoms with E-state index >= 15 is 0 Å². The van der Waals surface area contributed by atoms with Gasteiger partial charge in [0.1, 0.15) is 5.82 Å². The van der Waals surface area contributed by atoms with E-state index in [0.29, 0.717) is 12.0 Å². The van der Waals surface area contributed by atoms with Crippen LogP contribution in [0.1, 0.15) is 36.8 Å². The maximum Gasteiger partial charge on any atom is 0.225 e. The van der Waals surface area contributed by atoms with Crippen molar-refractivity contribution < 1.29 is 0 Å². The third kappa shape index (κ3) is 4.25. The molecule has 0 atom stereocenters. The number of aromatic nitrogens is 3. The predicted molar refractivity (Wildman–Crippen MR) is 110 cm³/mol. The SMILES string of the molecule is Cc1ccc(C)c(Nc2cc(-c3cccnc3)nc(NC3CCCC3)n2)c1. The highest BCUT2D eigenvalue weighted by Gasteiger charge is 2.17. The van der Waals surface area contributed by atoms with E-state index in [1.807, 2.05) is 24.4 Å². The van der Waals surface area contributed by atoms with Crippen LogP contribution in [-0.4, -0.2) is 21.0 Å². The quantitative estimate of drug-likeness (QED) is 0.651. The van der Waals surface area contributed by atoms with E-state index in [0.717, 1.165) is 22.8 Å². The highest BCUT2D eigenvalue weighted by atomic mass is 15.2. The van der Waals surface area contributed by atoms with Crippen LogP contribution in [-0.2, 0) is 0 Å². The molecule has 0 spiro atoms. The topological polar surface area (TPSA) is 62.7 Å². The van der Waals surface area contributed by atoms with Gasteiger partial charge in [-0.25, -0.2) is 4.98 Å². The zero-order chi connectivity index (χ0) is 18.6. The van der Waals surface area contributed by atoms with Gasteiger partial charge in [-0.05, 0) is 56.0 Å². The Morgan fingerprint density at radius 3 is 2.63 bits per heavy atom. The second-order valence-electron chi connectivity index (χ2n) is 7.27. The Morgan fingerprint density at radius 1 is 1.00 bits per heavy atom. The van der Waals surface area contributed by atoms with Crippen molar-refractivity contribution in [3.8, 4) is 11.3 Å². The van der Waals surface area contributed by atoms with Crippen LogP contribution in [0.4, 0.5) is 17.5 Å². The summed E-state index contributed by atoms with van der Waals surface area (Å²) in [5.74, 6) is 1.47. The minimum Gasteiger partial charge on any atom is -0.351 e. The Morgan fingerprint density at radius 2 is 1.85 bits per heavy atom. The summed E-state index contributed by atoms with van der Waals surface area (Å²) in [6.07, 6.45) is 8.52. The van der Waals surface area contributed by atoms with Crippen LogP contribution in [0.5, 0.6) is 0 Å². The van der Waals surface area contributed by atoms with Gasteiger partial charge in [-0.2, -0.15) is 4.98 Å². The number of nitrogens with one attached hydrogen (secondary N) is 2. The van der Waals surface area contributed by atoms with E-state index in [9.17, 15) is 0 Å². The van der Waals surface area contributed by atoms with Crippen LogP contribution in [0.3, 0.4) is 0 Å². The zero-order valence-corrected chi connectivity index (χ0v) is 15.9. The number of pyridine rings is 1. The standard InChI is InChI=1S/C22H25N5/c1-15-9-10-16(2)19(12-15)25-21-13-20(17-6-5-11-23-14-17)26-22(27-21)24-18-7-3-4-8-18/h5-6,9-14,18H,3-4,7-8H2,1-2H3,(H2,24,25,26,27). The van der Waals surface area contributed by atoms with E-state index in [1.165, 1.54) is 36.8 Å². The molecule has 1 aliphatic carbocycles. The Bertz CT molecular complexity index is 917. The first-order valence-electron chi connectivity index (χ1n) is 9.58. The highest BCUT2D eigenvalue weighted by Crippen LogP contribution is 2.27. The van der Waals surface area contributed by atoms with Crippen molar-refractivity contribution in [1.82, 2.24) is 15.0 Å². The predicted octanol–water partition coefficient (Wildman–Crippen LogP) is 5.25. The minimum atomic E-state index is 0.461. The van der Waals surface area contributed by atoms with Crippen LogP contribution >= 0.6 is 0 Å². The summed E-state index contributed by atoms with van der Waals surface area (Å²) in [6, 6.07) is 12.8. The lowest BCUT2D eigenvalue weighted by atomic mass is 10.1. The lowest BCUT2D eigenvalue weighted by Crippen LogP contribution is -2.17. The number of hydrogen-bond donors (Lipinski definition) is 2. The highest BCUT2D eigenvalue weighted by molar-refractivity contribution is 5.68. The molecule has 0 aliphatic heterocycles. The first-order valence-corrected chi connectivity index (χ1v) is 9.58. The van der Waals surface area contributed by atoms with Gasteiger partial charge in [0.2, 0.25) is 5.95 Å². The number of hydrogen-bond acceptors (Lipinski definition) is 5. The normalized spacial score (nSPS) is 14.3. The summed E-state index contributed by atoms with van der Waals surface area (Å²) in [5.41, 5.74) is 5.32. The molecule has 1 fully saturated rings. The molecule has 1 saturated carbocycles. The number of anilines is 3. The monoisotopic (exact) mass is 359 g/mol. The fraction of sp³-hybridized carbons (Fsp3) is 0.318. The van der Waals surface area contributed by atoms with Crippen LogP contribution in [0.15, 0.2) is 48.8 Å². The van der Waals surface area contributed by atoms with Gasteiger partial charge in [0.05, 0.1) is 5.69 Å². The van der Waals surface area contributed by atoms with Crippen LogP contribution in [0.2, 0.25) is 0 Å². The molecule has 0 radical (unpaired) electrons. The van der Waals surface area contributed by atoms with E-state index in [4.69, 9.17) is 9.97 Å². The van der Waals surface area contributed by atoms with Gasteiger partial charge in [0, 0.05) is 35.8 Å². The molecule has 2 N–H and O–H groups in total. The van der Waals surface area contributed by atoms with Crippen LogP contribution < -0.4 is 10.6 Å². The van der Waals surface area contributed by atoms with Gasteiger partial charge in [0.25, 0.3) is 0 Å². The third-order valence-corrected chi connectivity index (χ3v) is 5.03. The average Bonchev–Trinajstić information content (AvgIpc) is 3.18. The molecule has 1 aromatic carbocycles. The Kier molecular flexibility index (Phi) is 5.01. The van der Waals surface area contributed by atoms with Gasteiger partial charge >= 0.3 is 0 Å². The summed E-state index contributed by atoms with van der Waals surface area (Å²) in [5, 5.41) is 7.00. The van der Waals surface area contributed by atoms with Crippen molar-refractivity contribution in [2.75, 3.05) is 10.6 Å². The third-order valence-electron chi connectivity index (χ3n) is 5.03. The molecule has 138 valence electrons. The van der Waals surface area contributed by atoms with Crippen molar-refractivity contribution in [3.63, 3.8) is 0 Å². The van der Waals surface area contributed by atoms with Gasteiger partial charge in [-0.1, -0.05) is 25.0 Å². The molecule has 0 saturated heterocycles. The second-order valence-corrected chi connectivity index (χ2v) is 7.27. The minimum absolute atomic E-state index is 0.461. The van der Waals surface area contributed by atoms with Crippen molar-refractivity contribution in [2.24, 2.45) is 0 Å². The largest absolute Gasteiger partial charge is 0.351 e. The maximum absolute atomic E-state index is 4.75. The zero-order valence-electron chi connectivity index (χ0n) is 15.9. The molecule has 4 rings (SSSR count). The molecule has 3 aromatic rings. The summed E-state index contributed by atoms with van der Waals surface area (Å²) < 4.78 is 0. The van der Waals surface area contributed by atoms with Gasteiger partial charge in [-0.3, -0.25) is 4.98 Å². The number of rotatable bonds is 5. The molecular weight excluding hydrogens is 334 g/mol. The first kappa shape index (κ1) is 17.5. The molecule has 2 heterocycles. The summed E-state index contributed by atoms with van der Waals surface area (Å²) in [6.45, 7) is 4.20. The molecule has 0 unspecified atom stereocenters. The Labute approximate surface area is 160 Å². The molecule has 27 heavy (non-hydrogen) atoms. The van der Waals surface area contributed by atoms with Crippen molar-refractivity contribution >= 4 is 17.5 Å². The fourth-order valence-corrected chi connectivity index (χ4v) is 3.50. The molecule has 5 heteroatoms. The summed E-state index contributed by atoms with van der Waals surface area (Å²) >= 11 is 0. The molecule has 1 aliphatic rings. The van der Waals surface area contributed by atoms with E-state index < -0.39 is 0 Å². The molecule has 5 nitrogen and oxygen atoms in total. The van der Waals surface area contributed by atoms with Gasteiger partial charge in [-0.15, -0.1) is 0 Å². The van der Waals surface area contributed by atoms with E-state index in [-0.39, 0.29) is 0 Å².